The highest BCUT2D eigenvalue weighted by Crippen LogP contribution is 2.30. The number of aromatic nitrogens is 1. The Labute approximate surface area is 112 Å². The van der Waals surface area contributed by atoms with Gasteiger partial charge in [-0.15, -0.1) is 11.3 Å². The van der Waals surface area contributed by atoms with E-state index in [1.54, 1.807) is 11.3 Å². The van der Waals surface area contributed by atoms with Crippen LogP contribution in [0.1, 0.15) is 35.1 Å². The number of carbonyl (C=O) groups is 1. The van der Waals surface area contributed by atoms with Crippen LogP contribution in [-0.4, -0.2) is 34.6 Å². The predicted octanol–water partition coefficient (Wildman–Crippen LogP) is 2.48. The lowest BCUT2D eigenvalue weighted by Gasteiger charge is -2.31. The highest BCUT2D eigenvalue weighted by Gasteiger charge is 2.24. The standard InChI is InChI=1S/C12H18N2OS2/c1-9-8-13-12(17-9)10-2-5-14(6-3-10)11(15)4-7-16/h8,10,16H,2-7H2,1H3. The Balaban J connectivity index is 1.88. The molecule has 94 valence electrons. The van der Waals surface area contributed by atoms with Gasteiger partial charge in [0.05, 0.1) is 5.01 Å². The molecule has 0 atom stereocenters. The molecule has 1 aliphatic heterocycles. The molecule has 1 aromatic rings. The van der Waals surface area contributed by atoms with E-state index in [0.29, 0.717) is 18.1 Å². The highest BCUT2D eigenvalue weighted by atomic mass is 32.1. The number of nitrogens with zero attached hydrogens (tertiary/aromatic N) is 2. The molecule has 0 bridgehead atoms. The first-order valence-corrected chi connectivity index (χ1v) is 7.46. The van der Waals surface area contributed by atoms with E-state index in [1.165, 1.54) is 9.88 Å². The second-order valence-corrected chi connectivity index (χ2v) is 6.15. The zero-order valence-electron chi connectivity index (χ0n) is 10.1. The van der Waals surface area contributed by atoms with Crippen molar-refractivity contribution in [2.24, 2.45) is 0 Å². The zero-order valence-corrected chi connectivity index (χ0v) is 11.8. The third-order valence-electron chi connectivity index (χ3n) is 3.16. The van der Waals surface area contributed by atoms with E-state index < -0.39 is 0 Å². The minimum Gasteiger partial charge on any atom is -0.343 e. The SMILES string of the molecule is Cc1cnc(C2CCN(C(=O)CCS)CC2)s1. The maximum absolute atomic E-state index is 11.7. The van der Waals surface area contributed by atoms with Crippen LogP contribution in [0.25, 0.3) is 0 Å². The number of piperidine rings is 1. The number of aryl methyl sites for hydroxylation is 1. The smallest absolute Gasteiger partial charge is 0.223 e. The van der Waals surface area contributed by atoms with E-state index in [2.05, 4.69) is 24.5 Å². The summed E-state index contributed by atoms with van der Waals surface area (Å²) in [5, 5.41) is 1.24. The Bertz CT molecular complexity index is 384. The summed E-state index contributed by atoms with van der Waals surface area (Å²) in [5.41, 5.74) is 0. The summed E-state index contributed by atoms with van der Waals surface area (Å²) in [5.74, 6) is 1.44. The van der Waals surface area contributed by atoms with Gasteiger partial charge < -0.3 is 4.90 Å². The molecule has 1 amide bonds. The molecule has 0 saturated carbocycles. The van der Waals surface area contributed by atoms with Crippen LogP contribution >= 0.6 is 24.0 Å². The van der Waals surface area contributed by atoms with Gasteiger partial charge in [0.15, 0.2) is 0 Å². The number of likely N-dealkylation sites (tertiary alicyclic amines) is 1. The van der Waals surface area contributed by atoms with Crippen molar-refractivity contribution in [3.63, 3.8) is 0 Å². The van der Waals surface area contributed by atoms with Crippen LogP contribution in [0.2, 0.25) is 0 Å². The molecule has 17 heavy (non-hydrogen) atoms. The number of hydrogen-bond donors (Lipinski definition) is 1. The molecule has 1 fully saturated rings. The molecule has 0 unspecified atom stereocenters. The third-order valence-corrected chi connectivity index (χ3v) is 4.46. The van der Waals surface area contributed by atoms with Crippen LogP contribution < -0.4 is 0 Å². The van der Waals surface area contributed by atoms with Crippen LogP contribution in [0.3, 0.4) is 0 Å². The van der Waals surface area contributed by atoms with Crippen molar-refractivity contribution in [2.75, 3.05) is 18.8 Å². The van der Waals surface area contributed by atoms with Gasteiger partial charge in [-0.05, 0) is 25.5 Å². The Hall–Kier alpha value is -0.550. The lowest BCUT2D eigenvalue weighted by molar-refractivity contribution is -0.131. The average molecular weight is 270 g/mol. The number of carbonyl (C=O) groups excluding carboxylic acids is 1. The molecule has 3 nitrogen and oxygen atoms in total. The Morgan fingerprint density at radius 1 is 1.59 bits per heavy atom. The van der Waals surface area contributed by atoms with E-state index in [1.807, 2.05) is 11.1 Å². The minimum atomic E-state index is 0.244. The fourth-order valence-corrected chi connectivity index (χ4v) is 3.32. The van der Waals surface area contributed by atoms with Crippen LogP contribution in [0.15, 0.2) is 6.20 Å². The number of hydrogen-bond acceptors (Lipinski definition) is 4. The quantitative estimate of drug-likeness (QED) is 0.856. The van der Waals surface area contributed by atoms with E-state index in [0.717, 1.165) is 25.9 Å². The van der Waals surface area contributed by atoms with Crippen LogP contribution in [0, 0.1) is 6.92 Å². The Morgan fingerprint density at radius 3 is 2.82 bits per heavy atom. The van der Waals surface area contributed by atoms with Gasteiger partial charge in [0.2, 0.25) is 5.91 Å². The van der Waals surface area contributed by atoms with Gasteiger partial charge in [-0.25, -0.2) is 4.98 Å². The second-order valence-electron chi connectivity index (χ2n) is 4.44. The van der Waals surface area contributed by atoms with Gasteiger partial charge in [0, 0.05) is 36.5 Å². The number of amides is 1. The molecule has 1 saturated heterocycles. The first-order valence-electron chi connectivity index (χ1n) is 6.01. The van der Waals surface area contributed by atoms with Gasteiger partial charge in [-0.3, -0.25) is 4.79 Å². The summed E-state index contributed by atoms with van der Waals surface area (Å²) in [6.07, 6.45) is 4.60. The van der Waals surface area contributed by atoms with Crippen molar-refractivity contribution in [1.29, 1.82) is 0 Å². The maximum atomic E-state index is 11.7. The highest BCUT2D eigenvalue weighted by molar-refractivity contribution is 7.80. The van der Waals surface area contributed by atoms with Crippen LogP contribution in [-0.2, 0) is 4.79 Å². The van der Waals surface area contributed by atoms with Gasteiger partial charge >= 0.3 is 0 Å². The number of rotatable bonds is 3. The van der Waals surface area contributed by atoms with E-state index >= 15 is 0 Å². The lowest BCUT2D eigenvalue weighted by atomic mass is 9.97. The van der Waals surface area contributed by atoms with E-state index in [4.69, 9.17) is 0 Å². The fourth-order valence-electron chi connectivity index (χ4n) is 2.19. The topological polar surface area (TPSA) is 33.2 Å². The normalized spacial score (nSPS) is 17.4. The fraction of sp³-hybridized carbons (Fsp3) is 0.667. The molecule has 2 heterocycles. The first-order chi connectivity index (χ1) is 8.20. The summed E-state index contributed by atoms with van der Waals surface area (Å²) in [6.45, 7) is 3.83. The Kier molecular flexibility index (Phi) is 4.45. The summed E-state index contributed by atoms with van der Waals surface area (Å²) in [4.78, 5) is 19.4. The summed E-state index contributed by atoms with van der Waals surface area (Å²) < 4.78 is 0. The molecule has 1 aliphatic rings. The van der Waals surface area contributed by atoms with Gasteiger partial charge in [-0.2, -0.15) is 12.6 Å². The molecule has 0 aliphatic carbocycles. The number of thiol groups is 1. The maximum Gasteiger partial charge on any atom is 0.223 e. The third kappa shape index (κ3) is 3.22. The summed E-state index contributed by atoms with van der Waals surface area (Å²) >= 11 is 5.89. The molecule has 0 aromatic carbocycles. The van der Waals surface area contributed by atoms with E-state index in [-0.39, 0.29) is 5.91 Å². The Morgan fingerprint density at radius 2 is 2.29 bits per heavy atom. The molecular formula is C12H18N2OS2. The van der Waals surface area contributed by atoms with Crippen molar-refractivity contribution < 1.29 is 4.79 Å². The summed E-state index contributed by atoms with van der Waals surface area (Å²) in [7, 11) is 0. The van der Waals surface area contributed by atoms with Crippen molar-refractivity contribution >= 4 is 29.9 Å². The molecule has 2 rings (SSSR count). The van der Waals surface area contributed by atoms with Gasteiger partial charge in [0.25, 0.3) is 0 Å². The molecule has 0 N–H and O–H groups in total. The van der Waals surface area contributed by atoms with Crippen molar-refractivity contribution in [3.05, 3.63) is 16.1 Å². The van der Waals surface area contributed by atoms with Gasteiger partial charge in [-0.1, -0.05) is 0 Å². The van der Waals surface area contributed by atoms with Crippen LogP contribution in [0.5, 0.6) is 0 Å². The minimum absolute atomic E-state index is 0.244. The number of thiazole rings is 1. The lowest BCUT2D eigenvalue weighted by Crippen LogP contribution is -2.37. The van der Waals surface area contributed by atoms with Crippen LogP contribution in [0.4, 0.5) is 0 Å². The molecule has 1 aromatic heterocycles. The van der Waals surface area contributed by atoms with Crippen molar-refractivity contribution in [1.82, 2.24) is 9.88 Å². The van der Waals surface area contributed by atoms with Crippen molar-refractivity contribution in [2.45, 2.75) is 32.1 Å². The molecule has 5 heteroatoms. The second kappa shape index (κ2) is 5.87. The molecular weight excluding hydrogens is 252 g/mol. The van der Waals surface area contributed by atoms with Gasteiger partial charge in [0.1, 0.15) is 0 Å². The molecule has 0 spiro atoms. The monoisotopic (exact) mass is 270 g/mol. The van der Waals surface area contributed by atoms with E-state index in [9.17, 15) is 4.79 Å². The zero-order chi connectivity index (χ0) is 12.3. The largest absolute Gasteiger partial charge is 0.343 e. The average Bonchev–Trinajstić information content (AvgIpc) is 2.76. The van der Waals surface area contributed by atoms with Crippen molar-refractivity contribution in [3.8, 4) is 0 Å². The predicted molar refractivity (Wildman–Crippen MR) is 73.9 cm³/mol. The molecule has 0 radical (unpaired) electrons. The first kappa shape index (κ1) is 12.9. The summed E-state index contributed by atoms with van der Waals surface area (Å²) in [6, 6.07) is 0.